The van der Waals surface area contributed by atoms with Crippen LogP contribution in [0.5, 0.6) is 0 Å². The molecule has 3 rings (SSSR count). The second-order valence-electron chi connectivity index (χ2n) is 7.55. The molecule has 0 saturated carbocycles. The predicted octanol–water partition coefficient (Wildman–Crippen LogP) is 3.80. The average Bonchev–Trinajstić information content (AvgIpc) is 3.02. The Balaban J connectivity index is 1.50. The van der Waals surface area contributed by atoms with E-state index in [1.165, 1.54) is 25.9 Å². The summed E-state index contributed by atoms with van der Waals surface area (Å²) in [4.78, 5) is 19.3. The topological polar surface area (TPSA) is 58.4 Å². The first kappa shape index (κ1) is 17.9. The Hall–Kier alpha value is -1.88. The molecule has 1 aliphatic rings. The van der Waals surface area contributed by atoms with Gasteiger partial charge in [-0.05, 0) is 56.5 Å². The van der Waals surface area contributed by atoms with Gasteiger partial charge in [0.25, 0.3) is 5.91 Å². The molecule has 5 nitrogen and oxygen atoms in total. The van der Waals surface area contributed by atoms with Crippen molar-refractivity contribution in [2.75, 3.05) is 26.2 Å². The zero-order valence-electron chi connectivity index (χ0n) is 15.5. The summed E-state index contributed by atoms with van der Waals surface area (Å²) < 4.78 is 5.74. The van der Waals surface area contributed by atoms with E-state index in [-0.39, 0.29) is 11.8 Å². The van der Waals surface area contributed by atoms with E-state index in [1.54, 1.807) is 6.07 Å². The summed E-state index contributed by atoms with van der Waals surface area (Å²) in [5.41, 5.74) is 2.11. The van der Waals surface area contributed by atoms with Gasteiger partial charge in [0.1, 0.15) is 5.52 Å². The molecule has 1 aromatic carbocycles. The Kier molecular flexibility index (Phi) is 5.74. The Labute approximate surface area is 149 Å². The van der Waals surface area contributed by atoms with Crippen molar-refractivity contribution in [1.29, 1.82) is 0 Å². The fourth-order valence-corrected chi connectivity index (χ4v) is 3.43. The van der Waals surface area contributed by atoms with E-state index >= 15 is 0 Å². The molecule has 136 valence electrons. The number of oxazole rings is 1. The lowest BCUT2D eigenvalue weighted by atomic mass is 10.0. The molecule has 25 heavy (non-hydrogen) atoms. The molecule has 1 atom stereocenters. The van der Waals surface area contributed by atoms with Crippen LogP contribution in [0.15, 0.2) is 22.6 Å². The van der Waals surface area contributed by atoms with Crippen molar-refractivity contribution < 1.29 is 9.21 Å². The first-order valence-electron chi connectivity index (χ1n) is 9.44. The third kappa shape index (κ3) is 4.60. The lowest BCUT2D eigenvalue weighted by Gasteiger charge is -2.30. The van der Waals surface area contributed by atoms with E-state index in [9.17, 15) is 4.79 Å². The van der Waals surface area contributed by atoms with Crippen molar-refractivity contribution in [3.63, 3.8) is 0 Å². The molecular formula is C20H29N3O2. The molecule has 0 bridgehead atoms. The number of likely N-dealkylation sites (tertiary alicyclic amines) is 1. The lowest BCUT2D eigenvalue weighted by Crippen LogP contribution is -2.36. The zero-order chi connectivity index (χ0) is 17.8. The summed E-state index contributed by atoms with van der Waals surface area (Å²) in [6.07, 6.45) is 3.62. The van der Waals surface area contributed by atoms with Gasteiger partial charge < -0.3 is 14.6 Å². The summed E-state index contributed by atoms with van der Waals surface area (Å²) >= 11 is 0. The molecule has 1 saturated heterocycles. The van der Waals surface area contributed by atoms with Gasteiger partial charge in [0.15, 0.2) is 11.5 Å². The highest BCUT2D eigenvalue weighted by Gasteiger charge is 2.16. The Morgan fingerprint density at radius 3 is 3.04 bits per heavy atom. The highest BCUT2D eigenvalue weighted by atomic mass is 16.3. The minimum atomic E-state index is -0.0450. The van der Waals surface area contributed by atoms with Crippen molar-refractivity contribution >= 4 is 17.0 Å². The van der Waals surface area contributed by atoms with Crippen molar-refractivity contribution in [3.8, 4) is 0 Å². The number of benzene rings is 1. The van der Waals surface area contributed by atoms with Crippen LogP contribution in [0.2, 0.25) is 0 Å². The van der Waals surface area contributed by atoms with E-state index in [4.69, 9.17) is 4.42 Å². The van der Waals surface area contributed by atoms with Gasteiger partial charge in [0.2, 0.25) is 0 Å². The van der Waals surface area contributed by atoms with Crippen LogP contribution in [-0.4, -0.2) is 42.0 Å². The second-order valence-corrected chi connectivity index (χ2v) is 7.55. The van der Waals surface area contributed by atoms with Crippen LogP contribution >= 0.6 is 0 Å². The number of aromatic nitrogens is 1. The van der Waals surface area contributed by atoms with Crippen LogP contribution in [-0.2, 0) is 0 Å². The fourth-order valence-electron chi connectivity index (χ4n) is 3.43. The number of hydrogen-bond acceptors (Lipinski definition) is 4. The third-order valence-electron chi connectivity index (χ3n) is 4.84. The quantitative estimate of drug-likeness (QED) is 0.811. The first-order chi connectivity index (χ1) is 12.0. The standard InChI is InChI=1S/C20H29N3O2/c1-14(2)20-22-17-8-7-16(12-18(17)25-20)19(24)21-9-5-11-23-10-4-6-15(3)13-23/h7-8,12,14-15H,4-6,9-11,13H2,1-3H3,(H,21,24)/t15-/m1/s1. The van der Waals surface area contributed by atoms with Crippen molar-refractivity contribution in [1.82, 2.24) is 15.2 Å². The molecule has 1 N–H and O–H groups in total. The molecule has 1 aliphatic heterocycles. The maximum atomic E-state index is 12.3. The molecule has 1 amide bonds. The first-order valence-corrected chi connectivity index (χ1v) is 9.44. The molecule has 1 aromatic heterocycles. The molecule has 0 aliphatic carbocycles. The summed E-state index contributed by atoms with van der Waals surface area (Å²) in [7, 11) is 0. The van der Waals surface area contributed by atoms with Gasteiger partial charge in [0, 0.05) is 24.6 Å². The van der Waals surface area contributed by atoms with Gasteiger partial charge >= 0.3 is 0 Å². The molecule has 0 unspecified atom stereocenters. The second kappa shape index (κ2) is 8.00. The van der Waals surface area contributed by atoms with E-state index in [0.717, 1.165) is 24.4 Å². The van der Waals surface area contributed by atoms with Crippen molar-refractivity contribution in [2.45, 2.75) is 46.0 Å². The van der Waals surface area contributed by atoms with Crippen molar-refractivity contribution in [3.05, 3.63) is 29.7 Å². The Bertz CT molecular complexity index is 723. The highest BCUT2D eigenvalue weighted by molar-refractivity contribution is 5.97. The predicted molar refractivity (Wildman–Crippen MR) is 99.9 cm³/mol. The summed E-state index contributed by atoms with van der Waals surface area (Å²) in [6.45, 7) is 10.5. The molecular weight excluding hydrogens is 314 g/mol. The van der Waals surface area contributed by atoms with Gasteiger partial charge in [-0.3, -0.25) is 4.79 Å². The van der Waals surface area contributed by atoms with Crippen LogP contribution in [0.25, 0.3) is 11.1 Å². The summed E-state index contributed by atoms with van der Waals surface area (Å²) in [5.74, 6) is 1.70. The van der Waals surface area contributed by atoms with E-state index < -0.39 is 0 Å². The number of rotatable bonds is 6. The highest BCUT2D eigenvalue weighted by Crippen LogP contribution is 2.22. The Morgan fingerprint density at radius 2 is 2.28 bits per heavy atom. The molecule has 2 aromatic rings. The van der Waals surface area contributed by atoms with Crippen LogP contribution in [0.3, 0.4) is 0 Å². The normalized spacial score (nSPS) is 18.8. The number of hydrogen-bond donors (Lipinski definition) is 1. The van der Waals surface area contributed by atoms with Gasteiger partial charge in [-0.25, -0.2) is 4.98 Å². The minimum absolute atomic E-state index is 0.0450. The van der Waals surface area contributed by atoms with E-state index in [1.807, 2.05) is 26.0 Å². The maximum absolute atomic E-state index is 12.3. The third-order valence-corrected chi connectivity index (χ3v) is 4.84. The van der Waals surface area contributed by atoms with Crippen LogP contribution in [0.4, 0.5) is 0 Å². The van der Waals surface area contributed by atoms with Gasteiger partial charge in [-0.1, -0.05) is 20.8 Å². The average molecular weight is 343 g/mol. The number of amides is 1. The van der Waals surface area contributed by atoms with Crippen molar-refractivity contribution in [2.24, 2.45) is 5.92 Å². The van der Waals surface area contributed by atoms with Crippen LogP contribution in [0.1, 0.15) is 62.2 Å². The molecule has 0 radical (unpaired) electrons. The minimum Gasteiger partial charge on any atom is -0.440 e. The molecule has 2 heterocycles. The number of carbonyl (C=O) groups is 1. The van der Waals surface area contributed by atoms with E-state index in [0.29, 0.717) is 23.6 Å². The Morgan fingerprint density at radius 1 is 1.44 bits per heavy atom. The number of nitrogens with one attached hydrogen (secondary N) is 1. The number of carbonyl (C=O) groups excluding carboxylic acids is 1. The zero-order valence-corrected chi connectivity index (χ0v) is 15.5. The SMILES string of the molecule is CC(C)c1nc2ccc(C(=O)NCCCN3CCC[C@@H](C)C3)cc2o1. The lowest BCUT2D eigenvalue weighted by molar-refractivity contribution is 0.0950. The van der Waals surface area contributed by atoms with Gasteiger partial charge in [0.05, 0.1) is 0 Å². The monoisotopic (exact) mass is 343 g/mol. The molecule has 0 spiro atoms. The number of fused-ring (bicyclic) bond motifs is 1. The van der Waals surface area contributed by atoms with Crippen LogP contribution in [0, 0.1) is 5.92 Å². The number of piperidine rings is 1. The molecule has 5 heteroatoms. The van der Waals surface area contributed by atoms with Gasteiger partial charge in [-0.2, -0.15) is 0 Å². The van der Waals surface area contributed by atoms with Gasteiger partial charge in [-0.15, -0.1) is 0 Å². The number of nitrogens with zero attached hydrogens (tertiary/aromatic N) is 2. The summed E-state index contributed by atoms with van der Waals surface area (Å²) in [6, 6.07) is 5.46. The van der Waals surface area contributed by atoms with Crippen LogP contribution < -0.4 is 5.32 Å². The largest absolute Gasteiger partial charge is 0.440 e. The maximum Gasteiger partial charge on any atom is 0.251 e. The smallest absolute Gasteiger partial charge is 0.251 e. The molecule has 1 fully saturated rings. The van der Waals surface area contributed by atoms with E-state index in [2.05, 4.69) is 22.1 Å². The fraction of sp³-hybridized carbons (Fsp3) is 0.600. The summed E-state index contributed by atoms with van der Waals surface area (Å²) in [5, 5.41) is 3.02.